The quantitative estimate of drug-likeness (QED) is 0.730. The first-order chi connectivity index (χ1) is 9.39. The lowest BCUT2D eigenvalue weighted by molar-refractivity contribution is 0.0264. The molecule has 102 valence electrons. The molecule has 19 heavy (non-hydrogen) atoms. The van der Waals surface area contributed by atoms with Gasteiger partial charge in [-0.2, -0.15) is 0 Å². The van der Waals surface area contributed by atoms with Crippen LogP contribution in [-0.4, -0.2) is 17.5 Å². The second-order valence-corrected chi connectivity index (χ2v) is 7.06. The highest BCUT2D eigenvalue weighted by molar-refractivity contribution is 8.00. The Balaban J connectivity index is 1.81. The largest absolute Gasteiger partial charge is 0.372 e. The van der Waals surface area contributed by atoms with Gasteiger partial charge in [0, 0.05) is 9.64 Å². The highest BCUT2D eigenvalue weighted by Crippen LogP contribution is 2.48. The van der Waals surface area contributed by atoms with Crippen molar-refractivity contribution in [2.45, 2.75) is 54.3 Å². The third kappa shape index (κ3) is 3.06. The number of ether oxygens (including phenoxy) is 1. The van der Waals surface area contributed by atoms with Crippen LogP contribution in [0.1, 0.15) is 38.5 Å². The first kappa shape index (κ1) is 13.3. The predicted octanol–water partition coefficient (Wildman–Crippen LogP) is 4.83. The number of rotatable bonds is 3. The summed E-state index contributed by atoms with van der Waals surface area (Å²) in [5.41, 5.74) is 0. The zero-order valence-corrected chi connectivity index (χ0v) is 12.2. The van der Waals surface area contributed by atoms with Gasteiger partial charge in [0.25, 0.3) is 0 Å². The van der Waals surface area contributed by atoms with E-state index in [0.29, 0.717) is 10.9 Å². The Kier molecular flexibility index (Phi) is 4.29. The summed E-state index contributed by atoms with van der Waals surface area (Å²) >= 11 is 2.06. The first-order valence-electron chi connectivity index (χ1n) is 7.40. The van der Waals surface area contributed by atoms with Gasteiger partial charge in [0.1, 0.15) is 0 Å². The first-order valence-corrected chi connectivity index (χ1v) is 8.21. The molecule has 0 spiro atoms. The van der Waals surface area contributed by atoms with E-state index in [0.717, 1.165) is 13.0 Å². The minimum Gasteiger partial charge on any atom is -0.372 e. The molecule has 0 aromatic heterocycles. The third-order valence-corrected chi connectivity index (χ3v) is 5.85. The Morgan fingerprint density at radius 2 is 1.79 bits per heavy atom. The van der Waals surface area contributed by atoms with Crippen LogP contribution in [0.3, 0.4) is 0 Å². The molecule has 2 heteroatoms. The molecule has 0 radical (unpaired) electrons. The molecule has 3 rings (SSSR count). The lowest BCUT2D eigenvalue weighted by atomic mass is 9.82. The summed E-state index contributed by atoms with van der Waals surface area (Å²) in [7, 11) is 0. The summed E-state index contributed by atoms with van der Waals surface area (Å²) in [5, 5.41) is 0. The number of hydrogen-bond acceptors (Lipinski definition) is 2. The van der Waals surface area contributed by atoms with Crippen LogP contribution in [-0.2, 0) is 4.74 Å². The molecule has 0 saturated heterocycles. The Bertz CT molecular complexity index is 420. The van der Waals surface area contributed by atoms with Crippen molar-refractivity contribution in [3.05, 3.63) is 42.5 Å². The van der Waals surface area contributed by atoms with Crippen molar-refractivity contribution in [2.75, 3.05) is 6.61 Å². The maximum absolute atomic E-state index is 6.09. The molecule has 0 bridgehead atoms. The second kappa shape index (κ2) is 6.15. The van der Waals surface area contributed by atoms with Gasteiger partial charge in [0.15, 0.2) is 0 Å². The fourth-order valence-corrected chi connectivity index (χ4v) is 4.81. The minimum absolute atomic E-state index is 0.296. The van der Waals surface area contributed by atoms with Gasteiger partial charge in [-0.05, 0) is 31.4 Å². The molecule has 1 atom stereocenters. The maximum Gasteiger partial charge on any atom is 0.0763 e. The van der Waals surface area contributed by atoms with Crippen LogP contribution in [0.15, 0.2) is 47.4 Å². The predicted molar refractivity (Wildman–Crippen MR) is 81.6 cm³/mol. The molecule has 1 aromatic rings. The average molecular weight is 274 g/mol. The van der Waals surface area contributed by atoms with Crippen LogP contribution >= 0.6 is 11.8 Å². The molecule has 0 N–H and O–H groups in total. The standard InChI is InChI=1S/C17H22OS/c1-3-9-15(10-4-1)19-17(12-6-2-7-13-17)16-11-5-8-14-18-16/h1,3-5,8-10,16H,2,6-7,11-14H2. The van der Waals surface area contributed by atoms with E-state index in [9.17, 15) is 0 Å². The smallest absolute Gasteiger partial charge is 0.0763 e. The van der Waals surface area contributed by atoms with E-state index in [2.05, 4.69) is 54.2 Å². The Labute approximate surface area is 120 Å². The van der Waals surface area contributed by atoms with E-state index in [1.807, 2.05) is 0 Å². The van der Waals surface area contributed by atoms with Crippen LogP contribution in [0.4, 0.5) is 0 Å². The van der Waals surface area contributed by atoms with Gasteiger partial charge in [-0.1, -0.05) is 49.6 Å². The van der Waals surface area contributed by atoms with E-state index in [1.54, 1.807) is 0 Å². The Morgan fingerprint density at radius 3 is 2.47 bits per heavy atom. The molecule has 1 heterocycles. The summed E-state index contributed by atoms with van der Waals surface area (Å²) < 4.78 is 6.38. The summed E-state index contributed by atoms with van der Waals surface area (Å²) in [6, 6.07) is 10.8. The summed E-state index contributed by atoms with van der Waals surface area (Å²) in [6.07, 6.45) is 12.6. The van der Waals surface area contributed by atoms with Crippen molar-refractivity contribution >= 4 is 11.8 Å². The summed E-state index contributed by atoms with van der Waals surface area (Å²) in [6.45, 7) is 0.793. The fourth-order valence-electron chi connectivity index (χ4n) is 3.26. The Morgan fingerprint density at radius 1 is 1.00 bits per heavy atom. The lowest BCUT2D eigenvalue weighted by Crippen LogP contribution is -2.43. The van der Waals surface area contributed by atoms with E-state index < -0.39 is 0 Å². The molecular formula is C17H22OS. The van der Waals surface area contributed by atoms with Gasteiger partial charge >= 0.3 is 0 Å². The van der Waals surface area contributed by atoms with Gasteiger partial charge in [-0.25, -0.2) is 0 Å². The van der Waals surface area contributed by atoms with Crippen LogP contribution in [0.25, 0.3) is 0 Å². The topological polar surface area (TPSA) is 9.23 Å². The van der Waals surface area contributed by atoms with Gasteiger partial charge in [0.05, 0.1) is 12.7 Å². The van der Waals surface area contributed by atoms with Crippen LogP contribution < -0.4 is 0 Å². The molecule has 1 aromatic carbocycles. The highest BCUT2D eigenvalue weighted by atomic mass is 32.2. The molecule has 2 aliphatic rings. The molecule has 1 fully saturated rings. The Hall–Kier alpha value is -0.730. The lowest BCUT2D eigenvalue weighted by Gasteiger charge is -2.43. The van der Waals surface area contributed by atoms with E-state index in [-0.39, 0.29) is 0 Å². The van der Waals surface area contributed by atoms with E-state index in [1.165, 1.54) is 37.0 Å². The number of thioether (sulfide) groups is 1. The zero-order chi connectivity index (χ0) is 13.0. The number of benzene rings is 1. The molecule has 1 aliphatic carbocycles. The van der Waals surface area contributed by atoms with Crippen molar-refractivity contribution in [1.29, 1.82) is 0 Å². The van der Waals surface area contributed by atoms with E-state index >= 15 is 0 Å². The minimum atomic E-state index is 0.296. The van der Waals surface area contributed by atoms with Gasteiger partial charge in [0.2, 0.25) is 0 Å². The van der Waals surface area contributed by atoms with Gasteiger partial charge in [-0.3, -0.25) is 0 Å². The van der Waals surface area contributed by atoms with Crippen molar-refractivity contribution in [3.8, 4) is 0 Å². The SMILES string of the molecule is C1=CCC(C2(Sc3ccccc3)CCCCC2)OC1. The highest BCUT2D eigenvalue weighted by Gasteiger charge is 2.41. The van der Waals surface area contributed by atoms with Crippen molar-refractivity contribution in [1.82, 2.24) is 0 Å². The van der Waals surface area contributed by atoms with Gasteiger partial charge in [-0.15, -0.1) is 11.8 Å². The molecule has 0 amide bonds. The summed E-state index contributed by atoms with van der Waals surface area (Å²) in [5.74, 6) is 0. The number of hydrogen-bond donors (Lipinski definition) is 0. The molecule has 1 nitrogen and oxygen atoms in total. The van der Waals surface area contributed by atoms with Crippen molar-refractivity contribution in [2.24, 2.45) is 0 Å². The van der Waals surface area contributed by atoms with Crippen LogP contribution in [0, 0.1) is 0 Å². The molecule has 1 aliphatic heterocycles. The van der Waals surface area contributed by atoms with Crippen LogP contribution in [0.5, 0.6) is 0 Å². The molecule has 1 saturated carbocycles. The fraction of sp³-hybridized carbons (Fsp3) is 0.529. The molecule has 1 unspecified atom stereocenters. The van der Waals surface area contributed by atoms with Crippen LogP contribution in [0.2, 0.25) is 0 Å². The van der Waals surface area contributed by atoms with Gasteiger partial charge < -0.3 is 4.74 Å². The van der Waals surface area contributed by atoms with E-state index in [4.69, 9.17) is 4.74 Å². The maximum atomic E-state index is 6.09. The second-order valence-electron chi connectivity index (χ2n) is 5.57. The third-order valence-electron chi connectivity index (χ3n) is 4.26. The van der Waals surface area contributed by atoms with Crippen molar-refractivity contribution < 1.29 is 4.74 Å². The van der Waals surface area contributed by atoms with Crippen molar-refractivity contribution in [3.63, 3.8) is 0 Å². The summed E-state index contributed by atoms with van der Waals surface area (Å²) in [4.78, 5) is 1.39. The zero-order valence-electron chi connectivity index (χ0n) is 11.4. The normalized spacial score (nSPS) is 26.2. The monoisotopic (exact) mass is 274 g/mol. The molecular weight excluding hydrogens is 252 g/mol. The average Bonchev–Trinajstić information content (AvgIpc) is 2.50.